The molecule has 0 spiro atoms. The molecule has 0 amide bonds. The Morgan fingerprint density at radius 2 is 1.83 bits per heavy atom. The molecule has 5 rings (SSSR count). The molecule has 1 aliphatic heterocycles. The van der Waals surface area contributed by atoms with Gasteiger partial charge >= 0.3 is 6.16 Å². The molecule has 1 saturated heterocycles. The van der Waals surface area contributed by atoms with E-state index in [-0.39, 0.29) is 50.8 Å². The van der Waals surface area contributed by atoms with Crippen LogP contribution in [-0.2, 0) is 46.9 Å². The number of carbonyl (C=O) groups is 1. The van der Waals surface area contributed by atoms with Crippen molar-refractivity contribution < 1.29 is 67.0 Å². The van der Waals surface area contributed by atoms with E-state index in [1.54, 1.807) is 0 Å². The van der Waals surface area contributed by atoms with Gasteiger partial charge in [-0.05, 0) is 97.4 Å². The first kappa shape index (κ1) is 34.8. The van der Waals surface area contributed by atoms with Gasteiger partial charge in [0.15, 0.2) is 0 Å². The van der Waals surface area contributed by atoms with Crippen LogP contribution in [0.15, 0.2) is 11.6 Å². The molecule has 0 aromatic rings. The molecule has 0 bridgehead atoms. The number of allylic oxidation sites excluding steroid dienone is 1. The fraction of sp³-hybridized carbons (Fsp3) is 0.882. The summed E-state index contributed by atoms with van der Waals surface area (Å²) in [7, 11) is 0. The maximum Gasteiger partial charge on any atom is 0.508 e. The van der Waals surface area contributed by atoms with Crippen LogP contribution in [0.1, 0.15) is 105 Å². The normalized spacial score (nSPS) is 43.7. The zero-order valence-electron chi connectivity index (χ0n) is 26.5. The minimum absolute atomic E-state index is 0. The molecule has 3 N–H and O–H groups in total. The third-order valence-electron chi connectivity index (χ3n) is 12.3. The average molecular weight is 665 g/mol. The molecule has 237 valence electrons. The number of fused-ring (bicyclic) bond motifs is 5. The van der Waals surface area contributed by atoms with Gasteiger partial charge in [-0.3, -0.25) is 0 Å². The summed E-state index contributed by atoms with van der Waals surface area (Å²) in [5.41, 5.74) is 2.11. The maximum absolute atomic E-state index is 12.5. The first-order valence-electron chi connectivity index (χ1n) is 16.5. The predicted molar refractivity (Wildman–Crippen MR) is 156 cm³/mol. The Morgan fingerprint density at radius 1 is 1.07 bits per heavy atom. The largest absolute Gasteiger partial charge is 0.508 e. The average Bonchev–Trinajstić information content (AvgIpc) is 3.27. The van der Waals surface area contributed by atoms with E-state index in [0.717, 1.165) is 61.7 Å². The third kappa shape index (κ3) is 7.02. The zero-order valence-corrected chi connectivity index (χ0v) is 29.4. The molecule has 1 heterocycles. The Morgan fingerprint density at radius 3 is 2.57 bits per heavy atom. The summed E-state index contributed by atoms with van der Waals surface area (Å²) < 4.78 is 16.1. The number of carbonyl (C=O) groups excluding carboxylic acids is 1. The molecule has 0 aromatic heterocycles. The molecule has 7 nitrogen and oxygen atoms in total. The Hall–Kier alpha value is -0.0461. The van der Waals surface area contributed by atoms with E-state index in [0.29, 0.717) is 11.3 Å². The summed E-state index contributed by atoms with van der Waals surface area (Å²) in [6.07, 6.45) is 11.0. The van der Waals surface area contributed by atoms with Crippen molar-refractivity contribution in [1.29, 1.82) is 0 Å². The smallest absolute Gasteiger partial charge is 0.431 e. The van der Waals surface area contributed by atoms with Crippen molar-refractivity contribution >= 4 is 6.16 Å². The van der Waals surface area contributed by atoms with Crippen molar-refractivity contribution in [2.24, 2.45) is 46.3 Å². The summed E-state index contributed by atoms with van der Waals surface area (Å²) >= 11 is 0. The Labute approximate surface area is 278 Å². The molecule has 5 aliphatic rings. The summed E-state index contributed by atoms with van der Waals surface area (Å²) in [6.45, 7) is 12.0. The van der Waals surface area contributed by atoms with Gasteiger partial charge in [-0.25, -0.2) is 11.2 Å². The van der Waals surface area contributed by atoms with E-state index in [1.807, 2.05) is 0 Å². The second-order valence-corrected chi connectivity index (χ2v) is 15.1. The minimum atomic E-state index is -1.32. The van der Waals surface area contributed by atoms with E-state index in [1.165, 1.54) is 50.5 Å². The van der Waals surface area contributed by atoms with Gasteiger partial charge in [-0.15, -0.1) is 0 Å². The van der Waals surface area contributed by atoms with Crippen LogP contribution in [0.25, 0.3) is 0 Å². The quantitative estimate of drug-likeness (QED) is 0.162. The van der Waals surface area contributed by atoms with Gasteiger partial charge in [0.05, 0.1) is 6.10 Å². The van der Waals surface area contributed by atoms with E-state index < -0.39 is 30.8 Å². The van der Waals surface area contributed by atoms with E-state index in [2.05, 4.69) is 40.7 Å². The first-order chi connectivity index (χ1) is 19.4. The number of aliphatic hydroxyl groups excluding tert-OH is 3. The number of aliphatic hydroxyl groups is 3. The second kappa shape index (κ2) is 14.2. The Bertz CT molecular complexity index is 956. The molecule has 0 aromatic carbocycles. The van der Waals surface area contributed by atoms with E-state index >= 15 is 0 Å². The van der Waals surface area contributed by atoms with Crippen LogP contribution >= 0.6 is 0 Å². The molecule has 1 radical (unpaired) electrons. The standard InChI is InChI=1S/C34H55O7.Y/c1-20(2)7-6-8-21(3)25-11-12-26-24-10-9-22-17-23(13-15-33(22,4)27(24)14-16-34(25,26)5)40-32(38)39-19-29-31(37)28(35)18-30(36)41-29;/h9,18,20-21,23-31,35-37H,6-8,10-17,19H2,1-5H3;/q-1;/t21-,23+,24+,25-,26+,27+,28?,29?,30?,31?,33+,34-;/m0./s1. The number of hydrogen-bond acceptors (Lipinski definition) is 7. The Balaban J connectivity index is 0.00000405. The van der Waals surface area contributed by atoms with Crippen LogP contribution < -0.4 is 0 Å². The molecule has 4 unspecified atom stereocenters. The molecule has 12 atom stereocenters. The molecule has 4 fully saturated rings. The molecule has 3 saturated carbocycles. The van der Waals surface area contributed by atoms with Gasteiger partial charge < -0.3 is 29.5 Å². The number of ether oxygens (including phenoxy) is 3. The third-order valence-corrected chi connectivity index (χ3v) is 12.3. The topological polar surface area (TPSA) is 105 Å². The van der Waals surface area contributed by atoms with Crippen molar-refractivity contribution in [3.63, 3.8) is 0 Å². The van der Waals surface area contributed by atoms with Crippen molar-refractivity contribution in [3.05, 3.63) is 18.1 Å². The maximum atomic E-state index is 12.5. The molecule has 4 aliphatic carbocycles. The van der Waals surface area contributed by atoms with Crippen molar-refractivity contribution in [2.45, 2.75) is 136 Å². The van der Waals surface area contributed by atoms with Crippen molar-refractivity contribution in [2.75, 3.05) is 6.61 Å². The number of hydrogen-bond donors (Lipinski definition) is 3. The zero-order chi connectivity index (χ0) is 29.5. The first-order valence-corrected chi connectivity index (χ1v) is 16.5. The van der Waals surface area contributed by atoms with Gasteiger partial charge in [0.2, 0.25) is 0 Å². The van der Waals surface area contributed by atoms with Crippen LogP contribution in [0.3, 0.4) is 0 Å². The molecule has 42 heavy (non-hydrogen) atoms. The van der Waals surface area contributed by atoms with Crippen LogP contribution in [-0.4, -0.2) is 58.8 Å². The Kier molecular flexibility index (Phi) is 11.7. The minimum Gasteiger partial charge on any atom is -0.431 e. The monoisotopic (exact) mass is 664 g/mol. The summed E-state index contributed by atoms with van der Waals surface area (Å²) in [5, 5.41) is 29.5. The van der Waals surface area contributed by atoms with Gasteiger partial charge in [-0.1, -0.05) is 65.5 Å². The van der Waals surface area contributed by atoms with Crippen molar-refractivity contribution in [1.82, 2.24) is 0 Å². The second-order valence-electron chi connectivity index (χ2n) is 15.1. The van der Waals surface area contributed by atoms with Gasteiger partial charge in [-0.2, -0.15) is 0 Å². The fourth-order valence-electron chi connectivity index (χ4n) is 10.0. The summed E-state index contributed by atoms with van der Waals surface area (Å²) in [5.74, 6) is 4.78. The van der Waals surface area contributed by atoms with E-state index in [9.17, 15) is 20.1 Å². The van der Waals surface area contributed by atoms with Gasteiger partial charge in [0.1, 0.15) is 18.8 Å². The number of rotatable bonds is 8. The fourth-order valence-corrected chi connectivity index (χ4v) is 10.0. The van der Waals surface area contributed by atoms with E-state index in [4.69, 9.17) is 14.2 Å². The van der Waals surface area contributed by atoms with Crippen LogP contribution in [0.4, 0.5) is 4.79 Å². The predicted octanol–water partition coefficient (Wildman–Crippen LogP) is 6.19. The molecule has 8 heteroatoms. The SMILES string of the molecule is CC(C)CCC[C@H](C)[C@@H]1CC[C@@H]2[C@H]3CC=C4C[C@H](OC(=O)OCC5OC(O)[CH-]C(O)C5O)CC[C@@]4(C)[C@@H]3CC[C@]21C.[Y]. The van der Waals surface area contributed by atoms with Crippen LogP contribution in [0.5, 0.6) is 0 Å². The molecular formula is C34H55O7Y-. The van der Waals surface area contributed by atoms with Gasteiger partial charge in [0.25, 0.3) is 0 Å². The molecular weight excluding hydrogens is 609 g/mol. The summed E-state index contributed by atoms with van der Waals surface area (Å²) in [6, 6.07) is 0. The van der Waals surface area contributed by atoms with Crippen molar-refractivity contribution in [3.8, 4) is 0 Å². The summed E-state index contributed by atoms with van der Waals surface area (Å²) in [4.78, 5) is 12.5. The van der Waals surface area contributed by atoms with Crippen LogP contribution in [0.2, 0.25) is 0 Å². The van der Waals surface area contributed by atoms with Crippen LogP contribution in [0, 0.1) is 52.8 Å². The van der Waals surface area contributed by atoms with Gasteiger partial charge in [0, 0.05) is 45.4 Å².